The van der Waals surface area contributed by atoms with Crippen molar-refractivity contribution in [2.45, 2.75) is 77.6 Å². The number of ketones is 1. The van der Waals surface area contributed by atoms with Crippen LogP contribution in [0.25, 0.3) is 0 Å². The van der Waals surface area contributed by atoms with Crippen LogP contribution in [-0.2, 0) is 23.9 Å². The Morgan fingerprint density at radius 1 is 1.03 bits per heavy atom. The Hall–Kier alpha value is -2.81. The van der Waals surface area contributed by atoms with Crippen molar-refractivity contribution >= 4 is 23.4 Å². The standard InChI is InChI=1S/C23H31NO8/c1-21(2,3)31-19(26)17-15(25)12-23(7,28)18(20(27)32-22(4,5)6)16(17)13-8-10-14(11-9-13)24(29)30/h8-11,16-18,28H,12H2,1-7H3/t16-,17-,18-,23+/m0/s1. The minimum absolute atomic E-state index is 0.190. The molecule has 176 valence electrons. The molecule has 32 heavy (non-hydrogen) atoms. The van der Waals surface area contributed by atoms with E-state index in [2.05, 4.69) is 0 Å². The summed E-state index contributed by atoms with van der Waals surface area (Å²) in [5.74, 6) is -5.96. The molecule has 1 aliphatic carbocycles. The van der Waals surface area contributed by atoms with Gasteiger partial charge in [-0.3, -0.25) is 24.5 Å². The molecule has 0 bridgehead atoms. The zero-order valence-corrected chi connectivity index (χ0v) is 19.5. The predicted molar refractivity (Wildman–Crippen MR) is 115 cm³/mol. The lowest BCUT2D eigenvalue weighted by atomic mass is 9.61. The molecule has 0 saturated heterocycles. The topological polar surface area (TPSA) is 133 Å². The van der Waals surface area contributed by atoms with Gasteiger partial charge in [-0.25, -0.2) is 0 Å². The Labute approximate surface area is 187 Å². The third-order valence-corrected chi connectivity index (χ3v) is 5.08. The molecule has 2 rings (SSSR count). The molecule has 9 nitrogen and oxygen atoms in total. The normalized spacial score (nSPS) is 26.4. The van der Waals surface area contributed by atoms with Crippen LogP contribution in [0.1, 0.15) is 66.4 Å². The summed E-state index contributed by atoms with van der Waals surface area (Å²) in [6.07, 6.45) is -0.440. The van der Waals surface area contributed by atoms with E-state index in [-0.39, 0.29) is 5.69 Å². The summed E-state index contributed by atoms with van der Waals surface area (Å²) in [5.41, 5.74) is -3.44. The molecule has 0 aromatic heterocycles. The number of Topliss-reactive ketones (excluding diaryl/α,β-unsaturated/α-hetero) is 1. The van der Waals surface area contributed by atoms with Crippen molar-refractivity contribution in [3.05, 3.63) is 39.9 Å². The molecule has 0 spiro atoms. The van der Waals surface area contributed by atoms with Crippen LogP contribution >= 0.6 is 0 Å². The lowest BCUT2D eigenvalue weighted by Crippen LogP contribution is -2.56. The molecule has 1 fully saturated rings. The van der Waals surface area contributed by atoms with E-state index in [1.54, 1.807) is 41.5 Å². The van der Waals surface area contributed by atoms with Crippen LogP contribution in [0.3, 0.4) is 0 Å². The molecule has 1 N–H and O–H groups in total. The van der Waals surface area contributed by atoms with E-state index < -0.39 is 63.6 Å². The number of esters is 2. The molecule has 1 aromatic rings. The summed E-state index contributed by atoms with van der Waals surface area (Å²) in [4.78, 5) is 49.8. The first kappa shape index (κ1) is 25.5. The molecule has 4 atom stereocenters. The van der Waals surface area contributed by atoms with Crippen LogP contribution < -0.4 is 0 Å². The number of ether oxygens (including phenoxy) is 2. The number of benzene rings is 1. The molecule has 1 aliphatic rings. The summed E-state index contributed by atoms with van der Waals surface area (Å²) in [6, 6.07) is 5.21. The number of hydrogen-bond acceptors (Lipinski definition) is 8. The summed E-state index contributed by atoms with van der Waals surface area (Å²) in [7, 11) is 0. The van der Waals surface area contributed by atoms with Gasteiger partial charge in [-0.2, -0.15) is 0 Å². The second kappa shape index (κ2) is 8.61. The van der Waals surface area contributed by atoms with E-state index in [4.69, 9.17) is 9.47 Å². The van der Waals surface area contributed by atoms with E-state index in [1.165, 1.54) is 31.2 Å². The van der Waals surface area contributed by atoms with Gasteiger partial charge in [0.25, 0.3) is 5.69 Å². The van der Waals surface area contributed by atoms with Crippen molar-refractivity contribution in [3.63, 3.8) is 0 Å². The fourth-order valence-corrected chi connectivity index (χ4v) is 3.96. The number of nitrogens with zero attached hydrogens (tertiary/aromatic N) is 1. The van der Waals surface area contributed by atoms with Crippen LogP contribution in [0.15, 0.2) is 24.3 Å². The maximum absolute atomic E-state index is 13.2. The third-order valence-electron chi connectivity index (χ3n) is 5.08. The lowest BCUT2D eigenvalue weighted by molar-refractivity contribution is -0.384. The molecule has 1 saturated carbocycles. The lowest BCUT2D eigenvalue weighted by Gasteiger charge is -2.44. The number of nitro groups is 1. The van der Waals surface area contributed by atoms with E-state index >= 15 is 0 Å². The monoisotopic (exact) mass is 449 g/mol. The van der Waals surface area contributed by atoms with Crippen molar-refractivity contribution < 1.29 is 33.9 Å². The Balaban J connectivity index is 2.66. The number of aliphatic hydroxyl groups is 1. The van der Waals surface area contributed by atoms with Crippen molar-refractivity contribution in [1.82, 2.24) is 0 Å². The molecule has 1 aromatic carbocycles. The first-order chi connectivity index (χ1) is 14.4. The van der Waals surface area contributed by atoms with Crippen molar-refractivity contribution in [1.29, 1.82) is 0 Å². The third kappa shape index (κ3) is 5.91. The van der Waals surface area contributed by atoms with Crippen LogP contribution in [0.2, 0.25) is 0 Å². The van der Waals surface area contributed by atoms with E-state index in [0.29, 0.717) is 5.56 Å². The van der Waals surface area contributed by atoms with Crippen LogP contribution in [0.4, 0.5) is 5.69 Å². The number of rotatable bonds is 4. The quantitative estimate of drug-likeness (QED) is 0.320. The van der Waals surface area contributed by atoms with Gasteiger partial charge in [0.15, 0.2) is 5.78 Å². The fraction of sp³-hybridized carbons (Fsp3) is 0.609. The van der Waals surface area contributed by atoms with Crippen LogP contribution in [0, 0.1) is 22.0 Å². The number of nitro benzene ring substituents is 1. The highest BCUT2D eigenvalue weighted by Gasteiger charge is 2.57. The number of non-ortho nitro benzene ring substituents is 1. The minimum atomic E-state index is -1.80. The summed E-state index contributed by atoms with van der Waals surface area (Å²) in [5, 5.41) is 22.2. The highest BCUT2D eigenvalue weighted by molar-refractivity contribution is 6.03. The largest absolute Gasteiger partial charge is 0.460 e. The Kier molecular flexibility index (Phi) is 6.85. The second-order valence-corrected chi connectivity index (χ2v) is 10.4. The number of hydrogen-bond donors (Lipinski definition) is 1. The van der Waals surface area contributed by atoms with Gasteiger partial charge in [-0.15, -0.1) is 0 Å². The SMILES string of the molecule is CC(C)(C)OC(=O)[C@H]1C(=O)C[C@@](C)(O)[C@H](C(=O)OC(C)(C)C)[C@H]1c1ccc([N+](=O)[O-])cc1. The van der Waals surface area contributed by atoms with Crippen molar-refractivity contribution in [2.24, 2.45) is 11.8 Å². The van der Waals surface area contributed by atoms with Crippen LogP contribution in [-0.4, -0.2) is 44.6 Å². The molecule has 9 heteroatoms. The average molecular weight is 450 g/mol. The second-order valence-electron chi connectivity index (χ2n) is 10.4. The number of carbonyl (C=O) groups excluding carboxylic acids is 3. The highest BCUT2D eigenvalue weighted by atomic mass is 16.6. The number of carbonyl (C=O) groups is 3. The predicted octanol–water partition coefficient (Wildman–Crippen LogP) is 3.32. The van der Waals surface area contributed by atoms with Gasteiger partial charge in [0, 0.05) is 24.5 Å². The molecule has 0 heterocycles. The maximum atomic E-state index is 13.2. The molecular formula is C23H31NO8. The fourth-order valence-electron chi connectivity index (χ4n) is 3.96. The average Bonchev–Trinajstić information content (AvgIpc) is 2.56. The molecule has 0 aliphatic heterocycles. The van der Waals surface area contributed by atoms with Gasteiger partial charge in [-0.1, -0.05) is 12.1 Å². The van der Waals surface area contributed by atoms with Gasteiger partial charge >= 0.3 is 11.9 Å². The Morgan fingerprint density at radius 2 is 1.50 bits per heavy atom. The van der Waals surface area contributed by atoms with Crippen molar-refractivity contribution in [3.8, 4) is 0 Å². The summed E-state index contributed by atoms with van der Waals surface area (Å²) in [6.45, 7) is 11.3. The Morgan fingerprint density at radius 3 is 1.94 bits per heavy atom. The summed E-state index contributed by atoms with van der Waals surface area (Å²) < 4.78 is 11.0. The smallest absolute Gasteiger partial charge is 0.317 e. The van der Waals surface area contributed by atoms with Gasteiger partial charge in [0.05, 0.1) is 16.4 Å². The first-order valence-electron chi connectivity index (χ1n) is 10.4. The molecular weight excluding hydrogens is 418 g/mol. The van der Waals surface area contributed by atoms with Gasteiger partial charge in [0.2, 0.25) is 0 Å². The highest BCUT2D eigenvalue weighted by Crippen LogP contribution is 2.47. The van der Waals surface area contributed by atoms with E-state index in [1.807, 2.05) is 0 Å². The minimum Gasteiger partial charge on any atom is -0.460 e. The van der Waals surface area contributed by atoms with Gasteiger partial charge in [-0.05, 0) is 54.0 Å². The maximum Gasteiger partial charge on any atom is 0.317 e. The van der Waals surface area contributed by atoms with Crippen molar-refractivity contribution in [2.75, 3.05) is 0 Å². The van der Waals surface area contributed by atoms with Gasteiger partial charge < -0.3 is 14.6 Å². The molecule has 0 amide bonds. The van der Waals surface area contributed by atoms with E-state index in [0.717, 1.165) is 0 Å². The van der Waals surface area contributed by atoms with Crippen LogP contribution in [0.5, 0.6) is 0 Å². The summed E-state index contributed by atoms with van der Waals surface area (Å²) >= 11 is 0. The Bertz CT molecular complexity index is 905. The van der Waals surface area contributed by atoms with E-state index in [9.17, 15) is 29.6 Å². The zero-order chi connectivity index (χ0) is 24.6. The first-order valence-corrected chi connectivity index (χ1v) is 10.4. The zero-order valence-electron chi connectivity index (χ0n) is 19.5. The van der Waals surface area contributed by atoms with Gasteiger partial charge in [0.1, 0.15) is 17.1 Å². The molecule has 0 radical (unpaired) electrons. The molecule has 0 unspecified atom stereocenters.